The van der Waals surface area contributed by atoms with Gasteiger partial charge in [0.15, 0.2) is 0 Å². The number of carbonyl (C=O) groups is 2. The van der Waals surface area contributed by atoms with Gasteiger partial charge in [0.05, 0.1) is 28.0 Å². The average molecular weight is 649 g/mol. The Morgan fingerprint density at radius 3 is 2.64 bits per heavy atom. The van der Waals surface area contributed by atoms with Crippen LogP contribution in [-0.4, -0.2) is 50.2 Å². The fourth-order valence-electron chi connectivity index (χ4n) is 7.46. The monoisotopic (exact) mass is 648 g/mol. The minimum atomic E-state index is -4.52. The van der Waals surface area contributed by atoms with Gasteiger partial charge < -0.3 is 15.0 Å². The minimum absolute atomic E-state index is 0. The Kier molecular flexibility index (Phi) is 7.22. The molecule has 0 saturated carbocycles. The fourth-order valence-corrected chi connectivity index (χ4v) is 7.81. The first-order valence-electron chi connectivity index (χ1n) is 13.5. The average Bonchev–Trinajstić information content (AvgIpc) is 3.55. The van der Waals surface area contributed by atoms with E-state index in [4.69, 9.17) is 28.2 Å². The third kappa shape index (κ3) is 4.31. The van der Waals surface area contributed by atoms with Gasteiger partial charge in [-0.15, -0.1) is 0 Å². The Balaban J connectivity index is 0.00000343. The van der Waals surface area contributed by atoms with Crippen molar-refractivity contribution in [2.24, 2.45) is 0 Å². The summed E-state index contributed by atoms with van der Waals surface area (Å²) in [5.74, 6) is -3.89. The summed E-state index contributed by atoms with van der Waals surface area (Å²) in [4.78, 5) is 32.4. The molecule has 230 valence electrons. The third-order valence-electron chi connectivity index (χ3n) is 8.99. The number of anilines is 1. The number of hydrogen-bond acceptors (Lipinski definition) is 4. The first-order chi connectivity index (χ1) is 20.4. The summed E-state index contributed by atoms with van der Waals surface area (Å²) in [6, 6.07) is 13.0. The van der Waals surface area contributed by atoms with E-state index < -0.39 is 60.3 Å². The van der Waals surface area contributed by atoms with Gasteiger partial charge in [-0.3, -0.25) is 9.69 Å². The zero-order chi connectivity index (χ0) is 30.4. The summed E-state index contributed by atoms with van der Waals surface area (Å²) in [6.45, 7) is -0.180. The molecule has 7 nitrogen and oxygen atoms in total. The van der Waals surface area contributed by atoms with Gasteiger partial charge in [-0.25, -0.2) is 14.2 Å². The smallest absolute Gasteiger partial charge is 0.390 e. The lowest BCUT2D eigenvalue weighted by Crippen LogP contribution is -2.53. The summed E-state index contributed by atoms with van der Waals surface area (Å²) in [5.41, 5.74) is 0.0699. The molecule has 0 radical (unpaired) electrons. The van der Waals surface area contributed by atoms with Crippen LogP contribution in [0.5, 0.6) is 0 Å². The lowest BCUT2D eigenvalue weighted by Gasteiger charge is -2.40. The maximum atomic E-state index is 16.1. The first-order valence-corrected chi connectivity index (χ1v) is 14.3. The number of alkyl halides is 3. The van der Waals surface area contributed by atoms with E-state index in [2.05, 4.69) is 5.32 Å². The second-order valence-corrected chi connectivity index (χ2v) is 11.9. The second-order valence-electron chi connectivity index (χ2n) is 11.1. The van der Waals surface area contributed by atoms with Crippen LogP contribution in [0.4, 0.5) is 23.2 Å². The number of likely N-dealkylation sites (tertiary alicyclic amines) is 1. The molecule has 3 aliphatic rings. The molecule has 0 unspecified atom stereocenters. The number of aromatic nitrogens is 2. The fraction of sp³-hybridized carbons (Fsp3) is 0.323. The number of carboxylic acids is 1. The van der Waals surface area contributed by atoms with Crippen molar-refractivity contribution in [3.05, 3.63) is 93.0 Å². The van der Waals surface area contributed by atoms with Gasteiger partial charge in [0.1, 0.15) is 17.2 Å². The molecule has 1 amide bonds. The van der Waals surface area contributed by atoms with Crippen molar-refractivity contribution in [3.8, 4) is 0 Å². The highest BCUT2D eigenvalue weighted by Crippen LogP contribution is 2.64. The summed E-state index contributed by atoms with van der Waals surface area (Å²) in [5, 5.41) is 12.5. The first kappa shape index (κ1) is 30.4. The highest BCUT2D eigenvalue weighted by atomic mass is 35.5. The maximum Gasteiger partial charge on any atom is 0.390 e. The van der Waals surface area contributed by atoms with Crippen LogP contribution < -0.4 is 5.32 Å². The lowest BCUT2D eigenvalue weighted by atomic mass is 9.70. The molecule has 0 aliphatic carbocycles. The molecule has 44 heavy (non-hydrogen) atoms. The number of benzene rings is 3. The Bertz CT molecular complexity index is 1840. The molecule has 3 aliphatic heterocycles. The molecule has 4 atom stereocenters. The zero-order valence-electron chi connectivity index (χ0n) is 22.1. The topological polar surface area (TPSA) is 87.5 Å². The molecule has 0 bridgehead atoms. The second kappa shape index (κ2) is 10.5. The number of aromatic carboxylic acids is 1. The number of carbonyl (C=O) groups excluding carboxylic acids is 1. The predicted molar refractivity (Wildman–Crippen MR) is 158 cm³/mol. The molecule has 3 aromatic carbocycles. The van der Waals surface area contributed by atoms with Gasteiger partial charge in [-0.05, 0) is 48.4 Å². The van der Waals surface area contributed by atoms with E-state index in [1.54, 1.807) is 29.2 Å². The van der Waals surface area contributed by atoms with Crippen molar-refractivity contribution < 1.29 is 32.3 Å². The van der Waals surface area contributed by atoms with Crippen molar-refractivity contribution in [1.29, 1.82) is 0 Å². The molecule has 1 fully saturated rings. The predicted octanol–water partition coefficient (Wildman–Crippen LogP) is 7.57. The number of halogens is 6. The molecule has 2 N–H and O–H groups in total. The van der Waals surface area contributed by atoms with Crippen LogP contribution in [0.2, 0.25) is 10.0 Å². The largest absolute Gasteiger partial charge is 0.478 e. The quantitative estimate of drug-likeness (QED) is 0.223. The molecule has 7 rings (SSSR count). The van der Waals surface area contributed by atoms with Crippen molar-refractivity contribution in [2.45, 2.75) is 56.4 Å². The molecule has 4 heterocycles. The molecule has 13 heteroatoms. The summed E-state index contributed by atoms with van der Waals surface area (Å²) < 4.78 is 59.3. The highest BCUT2D eigenvalue weighted by molar-refractivity contribution is 6.31. The molecule has 1 aromatic heterocycles. The number of hydrogen-bond donors (Lipinski definition) is 2. The van der Waals surface area contributed by atoms with Crippen molar-refractivity contribution in [3.63, 3.8) is 0 Å². The number of nitrogens with one attached hydrogen (secondary N) is 1. The number of carboxylic acid groups (broad SMARTS) is 1. The lowest BCUT2D eigenvalue weighted by molar-refractivity contribution is -0.146. The summed E-state index contributed by atoms with van der Waals surface area (Å²) in [7, 11) is 0. The number of nitrogens with zero attached hydrogens (tertiary/aromatic N) is 3. The van der Waals surface area contributed by atoms with E-state index in [0.717, 1.165) is 0 Å². The van der Waals surface area contributed by atoms with Gasteiger partial charge in [0.25, 0.3) is 0 Å². The molecule has 4 aromatic rings. The van der Waals surface area contributed by atoms with Crippen molar-refractivity contribution in [1.82, 2.24) is 14.5 Å². The van der Waals surface area contributed by atoms with E-state index in [9.17, 15) is 27.9 Å². The summed E-state index contributed by atoms with van der Waals surface area (Å²) in [6.07, 6.45) is -5.39. The van der Waals surface area contributed by atoms with Gasteiger partial charge >= 0.3 is 12.1 Å². The van der Waals surface area contributed by atoms with Crippen LogP contribution in [0.25, 0.3) is 11.0 Å². The number of imidazole rings is 1. The molecule has 1 spiro atoms. The standard InChI is InChI=1S/C30H22Cl2F4N4O3.CH4/c31-15-5-6-17-19(13-15)38-28(43)30(17)24(16-2-1-3-18(32)25(16)33)23-22(40(30)11-9-29(34,35)36)8-10-39-21-7-4-14(27(41)42)12-20(21)37-26(23)39;/h1-7,12-13,22-24H,8-11H2,(H,38,43)(H,41,42);1H4/t22-,23+,24-,30+;/m0./s1. The van der Waals surface area contributed by atoms with Crippen molar-refractivity contribution >= 4 is 51.8 Å². The van der Waals surface area contributed by atoms with E-state index >= 15 is 4.39 Å². The highest BCUT2D eigenvalue weighted by Gasteiger charge is 2.68. The number of fused-ring (bicyclic) bond motifs is 7. The summed E-state index contributed by atoms with van der Waals surface area (Å²) >= 11 is 12.5. The minimum Gasteiger partial charge on any atom is -0.478 e. The van der Waals surface area contributed by atoms with E-state index in [1.807, 2.05) is 4.57 Å². The molecule has 1 saturated heterocycles. The Morgan fingerprint density at radius 1 is 1.14 bits per heavy atom. The van der Waals surface area contributed by atoms with Crippen molar-refractivity contribution in [2.75, 3.05) is 11.9 Å². The van der Waals surface area contributed by atoms with Crippen LogP contribution >= 0.6 is 23.2 Å². The number of rotatable bonds is 4. The van der Waals surface area contributed by atoms with Crippen LogP contribution in [0.1, 0.15) is 59.4 Å². The number of amides is 1. The van der Waals surface area contributed by atoms with E-state index in [1.165, 1.54) is 30.3 Å². The zero-order valence-corrected chi connectivity index (χ0v) is 23.6. The molecular weight excluding hydrogens is 623 g/mol. The Morgan fingerprint density at radius 2 is 1.91 bits per heavy atom. The van der Waals surface area contributed by atoms with Gasteiger partial charge in [-0.1, -0.05) is 48.8 Å². The third-order valence-corrected chi connectivity index (χ3v) is 9.51. The normalized spacial score (nSPS) is 24.1. The van der Waals surface area contributed by atoms with E-state index in [-0.39, 0.29) is 23.6 Å². The van der Waals surface area contributed by atoms with Gasteiger partial charge in [0, 0.05) is 47.2 Å². The van der Waals surface area contributed by atoms with Crippen LogP contribution in [0, 0.1) is 5.82 Å². The number of aryl methyl sites for hydroxylation is 1. The molecular formula is C31H26Cl2F4N4O3. The maximum absolute atomic E-state index is 16.1. The Labute approximate surface area is 259 Å². The SMILES string of the molecule is C.O=C(O)c1ccc2c(c1)nc1n2CC[C@H]2[C@@H]1[C@H](c1cccc(Cl)c1F)[C@]1(C(=O)Nc3cc(Cl)ccc31)N2CCC(F)(F)F. The van der Waals surface area contributed by atoms with Crippen LogP contribution in [-0.2, 0) is 16.9 Å². The van der Waals surface area contributed by atoms with Gasteiger partial charge in [-0.2, -0.15) is 13.2 Å². The van der Waals surface area contributed by atoms with Gasteiger partial charge in [0.2, 0.25) is 5.91 Å². The van der Waals surface area contributed by atoms with Crippen LogP contribution in [0.15, 0.2) is 54.6 Å². The van der Waals surface area contributed by atoms with Crippen LogP contribution in [0.3, 0.4) is 0 Å². The van der Waals surface area contributed by atoms with E-state index in [0.29, 0.717) is 46.1 Å². The Hall–Kier alpha value is -3.67.